The topological polar surface area (TPSA) is 65.1 Å². The molecule has 6 nitrogen and oxygen atoms in total. The predicted molar refractivity (Wildman–Crippen MR) is 78.0 cm³/mol. The minimum absolute atomic E-state index is 0.0310. The molecule has 21 heavy (non-hydrogen) atoms. The largest absolute Gasteiger partial charge is 0.464 e. The van der Waals surface area contributed by atoms with E-state index in [0.29, 0.717) is 26.3 Å². The standard InChI is InChI=1S/C15H27NO5/c1-5-20-13(17)11-19-10-12-7-6-8-16(9-12)14(18)21-15(2,3)4/h12H,5-11H2,1-4H3/t12-/m0/s1. The molecule has 0 spiro atoms. The molecule has 0 N–H and O–H groups in total. The van der Waals surface area contributed by atoms with Crippen LogP contribution in [0.4, 0.5) is 4.79 Å². The number of hydrogen-bond donors (Lipinski definition) is 0. The van der Waals surface area contributed by atoms with Crippen LogP contribution in [0.1, 0.15) is 40.5 Å². The number of hydrogen-bond acceptors (Lipinski definition) is 5. The summed E-state index contributed by atoms with van der Waals surface area (Å²) in [5.41, 5.74) is -0.482. The summed E-state index contributed by atoms with van der Waals surface area (Å²) in [6.07, 6.45) is 1.63. The van der Waals surface area contributed by atoms with Gasteiger partial charge in [-0.3, -0.25) is 0 Å². The Morgan fingerprint density at radius 3 is 2.62 bits per heavy atom. The van der Waals surface area contributed by atoms with Gasteiger partial charge in [-0.1, -0.05) is 0 Å². The van der Waals surface area contributed by atoms with Gasteiger partial charge in [0.15, 0.2) is 0 Å². The Balaban J connectivity index is 2.32. The van der Waals surface area contributed by atoms with Crippen LogP contribution in [0.15, 0.2) is 0 Å². The fourth-order valence-corrected chi connectivity index (χ4v) is 2.20. The summed E-state index contributed by atoms with van der Waals surface area (Å²) in [5, 5.41) is 0. The maximum Gasteiger partial charge on any atom is 0.410 e. The molecule has 1 amide bonds. The molecule has 0 aliphatic carbocycles. The fraction of sp³-hybridized carbons (Fsp3) is 0.867. The zero-order chi connectivity index (χ0) is 15.9. The number of carbonyl (C=O) groups excluding carboxylic acids is 2. The van der Waals surface area contributed by atoms with E-state index in [-0.39, 0.29) is 24.6 Å². The van der Waals surface area contributed by atoms with E-state index in [9.17, 15) is 9.59 Å². The molecule has 1 saturated heterocycles. The molecule has 1 heterocycles. The Morgan fingerprint density at radius 1 is 1.29 bits per heavy atom. The first kappa shape index (κ1) is 17.8. The summed E-state index contributed by atoms with van der Waals surface area (Å²) in [4.78, 5) is 24.9. The lowest BCUT2D eigenvalue weighted by Crippen LogP contribution is -2.43. The second-order valence-corrected chi connectivity index (χ2v) is 6.25. The highest BCUT2D eigenvalue weighted by Crippen LogP contribution is 2.19. The lowest BCUT2D eigenvalue weighted by molar-refractivity contribution is -0.149. The van der Waals surface area contributed by atoms with Gasteiger partial charge >= 0.3 is 12.1 Å². The predicted octanol–water partition coefficient (Wildman–Crippen LogP) is 2.21. The van der Waals surface area contributed by atoms with Crippen molar-refractivity contribution in [3.63, 3.8) is 0 Å². The number of likely N-dealkylation sites (tertiary alicyclic amines) is 1. The summed E-state index contributed by atoms with van der Waals surface area (Å²) in [6, 6.07) is 0. The molecular formula is C15H27NO5. The Bertz CT molecular complexity index is 350. The second-order valence-electron chi connectivity index (χ2n) is 6.25. The zero-order valence-corrected chi connectivity index (χ0v) is 13.5. The van der Waals surface area contributed by atoms with E-state index in [1.165, 1.54) is 0 Å². The number of nitrogens with zero attached hydrogens (tertiary/aromatic N) is 1. The number of rotatable bonds is 5. The van der Waals surface area contributed by atoms with Crippen molar-refractivity contribution in [3.8, 4) is 0 Å². The molecule has 1 rings (SSSR count). The van der Waals surface area contributed by atoms with Gasteiger partial charge in [0.05, 0.1) is 13.2 Å². The number of esters is 1. The first-order chi connectivity index (χ1) is 9.81. The summed E-state index contributed by atoms with van der Waals surface area (Å²) in [6.45, 7) is 9.43. The van der Waals surface area contributed by atoms with E-state index in [1.54, 1.807) is 11.8 Å². The lowest BCUT2D eigenvalue weighted by atomic mass is 9.99. The van der Waals surface area contributed by atoms with E-state index in [0.717, 1.165) is 12.8 Å². The van der Waals surface area contributed by atoms with Crippen molar-refractivity contribution in [1.29, 1.82) is 0 Å². The minimum Gasteiger partial charge on any atom is -0.464 e. The third kappa shape index (κ3) is 7.32. The number of ether oxygens (including phenoxy) is 3. The van der Waals surface area contributed by atoms with Crippen molar-refractivity contribution in [2.24, 2.45) is 5.92 Å². The fourth-order valence-electron chi connectivity index (χ4n) is 2.20. The van der Waals surface area contributed by atoms with Crippen LogP contribution < -0.4 is 0 Å². The zero-order valence-electron chi connectivity index (χ0n) is 13.5. The van der Waals surface area contributed by atoms with E-state index < -0.39 is 5.60 Å². The van der Waals surface area contributed by atoms with Gasteiger partial charge in [-0.2, -0.15) is 0 Å². The molecule has 0 saturated carbocycles. The first-order valence-electron chi connectivity index (χ1n) is 7.53. The normalized spacial score (nSPS) is 19.2. The van der Waals surface area contributed by atoms with E-state index in [4.69, 9.17) is 14.2 Å². The van der Waals surface area contributed by atoms with Gasteiger partial charge in [-0.05, 0) is 40.5 Å². The van der Waals surface area contributed by atoms with Crippen LogP contribution >= 0.6 is 0 Å². The van der Waals surface area contributed by atoms with E-state index in [1.807, 2.05) is 20.8 Å². The van der Waals surface area contributed by atoms with Gasteiger partial charge in [-0.25, -0.2) is 9.59 Å². The van der Waals surface area contributed by atoms with Crippen LogP contribution in [-0.2, 0) is 19.0 Å². The van der Waals surface area contributed by atoms with Gasteiger partial charge in [0.2, 0.25) is 0 Å². The molecule has 1 atom stereocenters. The maximum atomic E-state index is 12.0. The Kier molecular flexibility index (Phi) is 6.95. The molecule has 0 unspecified atom stereocenters. The Hall–Kier alpha value is -1.30. The minimum atomic E-state index is -0.482. The Labute approximate surface area is 126 Å². The number of carbonyl (C=O) groups is 2. The highest BCUT2D eigenvalue weighted by Gasteiger charge is 2.27. The van der Waals surface area contributed by atoms with Gasteiger partial charge in [0, 0.05) is 19.0 Å². The SMILES string of the molecule is CCOC(=O)COC[C@H]1CCCN(C(=O)OC(C)(C)C)C1. The monoisotopic (exact) mass is 301 g/mol. The molecule has 122 valence electrons. The molecule has 0 bridgehead atoms. The van der Waals surface area contributed by atoms with Crippen molar-refractivity contribution in [3.05, 3.63) is 0 Å². The number of piperidine rings is 1. The maximum absolute atomic E-state index is 12.0. The number of amides is 1. The van der Waals surface area contributed by atoms with Crippen LogP contribution in [0, 0.1) is 5.92 Å². The van der Waals surface area contributed by atoms with Gasteiger partial charge in [-0.15, -0.1) is 0 Å². The van der Waals surface area contributed by atoms with Crippen molar-refractivity contribution in [2.75, 3.05) is 32.9 Å². The molecule has 0 radical (unpaired) electrons. The molecule has 0 aromatic carbocycles. The molecule has 0 aromatic heterocycles. The van der Waals surface area contributed by atoms with E-state index in [2.05, 4.69) is 0 Å². The molecule has 1 aliphatic rings. The Morgan fingerprint density at radius 2 is 2.00 bits per heavy atom. The third-order valence-corrected chi connectivity index (χ3v) is 3.05. The lowest BCUT2D eigenvalue weighted by Gasteiger charge is -2.33. The summed E-state index contributed by atoms with van der Waals surface area (Å²) in [7, 11) is 0. The molecular weight excluding hydrogens is 274 g/mol. The average Bonchev–Trinajstić information content (AvgIpc) is 2.37. The molecule has 1 fully saturated rings. The third-order valence-electron chi connectivity index (χ3n) is 3.05. The highest BCUT2D eigenvalue weighted by molar-refractivity contribution is 5.70. The molecule has 1 aliphatic heterocycles. The van der Waals surface area contributed by atoms with Gasteiger partial charge in [0.1, 0.15) is 12.2 Å². The van der Waals surface area contributed by atoms with Crippen molar-refractivity contribution >= 4 is 12.1 Å². The van der Waals surface area contributed by atoms with Crippen molar-refractivity contribution in [1.82, 2.24) is 4.90 Å². The van der Waals surface area contributed by atoms with Crippen LogP contribution in [0.2, 0.25) is 0 Å². The van der Waals surface area contributed by atoms with Gasteiger partial charge < -0.3 is 19.1 Å². The van der Waals surface area contributed by atoms with Crippen LogP contribution in [-0.4, -0.2) is 55.5 Å². The average molecular weight is 301 g/mol. The summed E-state index contributed by atoms with van der Waals surface area (Å²) < 4.78 is 15.5. The molecule has 6 heteroatoms. The highest BCUT2D eigenvalue weighted by atomic mass is 16.6. The summed E-state index contributed by atoms with van der Waals surface area (Å²) in [5.74, 6) is -0.113. The second kappa shape index (κ2) is 8.22. The summed E-state index contributed by atoms with van der Waals surface area (Å²) >= 11 is 0. The van der Waals surface area contributed by atoms with Crippen LogP contribution in [0.3, 0.4) is 0 Å². The van der Waals surface area contributed by atoms with Crippen molar-refractivity contribution < 1.29 is 23.8 Å². The van der Waals surface area contributed by atoms with Crippen LogP contribution in [0.25, 0.3) is 0 Å². The van der Waals surface area contributed by atoms with Crippen LogP contribution in [0.5, 0.6) is 0 Å². The van der Waals surface area contributed by atoms with Gasteiger partial charge in [0.25, 0.3) is 0 Å². The quantitative estimate of drug-likeness (QED) is 0.728. The smallest absolute Gasteiger partial charge is 0.410 e. The first-order valence-corrected chi connectivity index (χ1v) is 7.53. The molecule has 0 aromatic rings. The van der Waals surface area contributed by atoms with Crippen molar-refractivity contribution in [2.45, 2.75) is 46.1 Å². The van der Waals surface area contributed by atoms with E-state index >= 15 is 0 Å².